The van der Waals surface area contributed by atoms with Crippen molar-refractivity contribution < 1.29 is 9.53 Å². The van der Waals surface area contributed by atoms with E-state index in [0.29, 0.717) is 31.3 Å². The second-order valence-corrected chi connectivity index (χ2v) is 7.84. The first-order valence-corrected chi connectivity index (χ1v) is 10.7. The van der Waals surface area contributed by atoms with Crippen LogP contribution in [0.15, 0.2) is 47.6 Å². The molecule has 7 nitrogen and oxygen atoms in total. The van der Waals surface area contributed by atoms with E-state index in [4.69, 9.17) is 4.74 Å². The molecule has 2 heterocycles. The number of rotatable bonds is 6. The molecule has 1 atom stereocenters. The molecule has 4 rings (SSSR count). The summed E-state index contributed by atoms with van der Waals surface area (Å²) in [5.74, 6) is 1.54. The van der Waals surface area contributed by atoms with E-state index in [-0.39, 0.29) is 17.9 Å². The molecule has 1 unspecified atom stereocenters. The molecule has 0 saturated heterocycles. The number of pyridine rings is 1. The third-order valence-electron chi connectivity index (χ3n) is 5.72. The van der Waals surface area contributed by atoms with Gasteiger partial charge in [-0.2, -0.15) is 0 Å². The van der Waals surface area contributed by atoms with Crippen LogP contribution in [-0.2, 0) is 11.3 Å². The summed E-state index contributed by atoms with van der Waals surface area (Å²) in [5.41, 5.74) is 3.06. The lowest BCUT2D eigenvalue weighted by Gasteiger charge is -2.26. The number of carbonyl (C=O) groups excluding carboxylic acids is 1. The number of hydrogen-bond acceptors (Lipinski definition) is 4. The van der Waals surface area contributed by atoms with Gasteiger partial charge in [0.2, 0.25) is 11.8 Å². The number of benzene rings is 1. The molecule has 1 fully saturated rings. The minimum atomic E-state index is 0.0486. The van der Waals surface area contributed by atoms with Crippen LogP contribution in [0, 0.1) is 0 Å². The number of fused-ring (bicyclic) bond motifs is 1. The molecule has 0 radical (unpaired) electrons. The van der Waals surface area contributed by atoms with Crippen molar-refractivity contribution in [2.75, 3.05) is 18.9 Å². The molecule has 1 aliphatic heterocycles. The number of guanidine groups is 1. The average molecular weight is 408 g/mol. The van der Waals surface area contributed by atoms with Gasteiger partial charge in [0.05, 0.1) is 0 Å². The van der Waals surface area contributed by atoms with E-state index in [1.807, 2.05) is 30.3 Å². The lowest BCUT2D eigenvalue weighted by atomic mass is 9.90. The smallest absolute Gasteiger partial charge is 0.225 e. The van der Waals surface area contributed by atoms with E-state index in [0.717, 1.165) is 29.7 Å². The highest BCUT2D eigenvalue weighted by Gasteiger charge is 2.25. The number of aromatic nitrogens is 1. The Bertz CT molecular complexity index is 908. The molecule has 1 aromatic heterocycles. The number of aliphatic imine (C=N–C) groups is 1. The zero-order chi connectivity index (χ0) is 20.8. The summed E-state index contributed by atoms with van der Waals surface area (Å²) < 4.78 is 6.12. The Balaban J connectivity index is 1.35. The number of carbonyl (C=O) groups is 1. The number of nitrogens with one attached hydrogen (secondary N) is 3. The van der Waals surface area contributed by atoms with Crippen LogP contribution >= 0.6 is 0 Å². The SMILES string of the molecule is CN=C(NCc1cccnc1OC1CCCC1)NCC1CC(=O)Nc2ccccc21. The molecule has 0 spiro atoms. The topological polar surface area (TPSA) is 87.6 Å². The van der Waals surface area contributed by atoms with Crippen molar-refractivity contribution in [1.29, 1.82) is 0 Å². The van der Waals surface area contributed by atoms with Crippen molar-refractivity contribution in [1.82, 2.24) is 15.6 Å². The molecule has 1 aromatic carbocycles. The molecule has 0 bridgehead atoms. The maximum absolute atomic E-state index is 12.0. The van der Waals surface area contributed by atoms with Crippen LogP contribution < -0.4 is 20.7 Å². The lowest BCUT2D eigenvalue weighted by Crippen LogP contribution is -2.40. The van der Waals surface area contributed by atoms with E-state index in [1.165, 1.54) is 12.8 Å². The van der Waals surface area contributed by atoms with Gasteiger partial charge in [0.15, 0.2) is 5.96 Å². The van der Waals surface area contributed by atoms with Crippen LogP contribution in [0.3, 0.4) is 0 Å². The van der Waals surface area contributed by atoms with E-state index in [9.17, 15) is 4.79 Å². The van der Waals surface area contributed by atoms with Gasteiger partial charge in [-0.1, -0.05) is 24.3 Å². The summed E-state index contributed by atoms with van der Waals surface area (Å²) in [5, 5.41) is 9.65. The predicted octanol–water partition coefficient (Wildman–Crippen LogP) is 3.19. The Morgan fingerprint density at radius 1 is 1.20 bits per heavy atom. The normalized spacial score (nSPS) is 19.2. The van der Waals surface area contributed by atoms with Crippen LogP contribution in [0.2, 0.25) is 0 Å². The van der Waals surface area contributed by atoms with Gasteiger partial charge >= 0.3 is 0 Å². The minimum Gasteiger partial charge on any atom is -0.474 e. The van der Waals surface area contributed by atoms with E-state index in [2.05, 4.69) is 32.0 Å². The first-order valence-electron chi connectivity index (χ1n) is 10.7. The highest BCUT2D eigenvalue weighted by molar-refractivity contribution is 5.94. The van der Waals surface area contributed by atoms with E-state index in [1.54, 1.807) is 13.2 Å². The molecule has 7 heteroatoms. The standard InChI is InChI=1S/C23H29N5O2/c1-24-23(27-15-17-13-21(29)28-20-11-5-4-10-19(17)20)26-14-16-7-6-12-25-22(16)30-18-8-2-3-9-18/h4-7,10-12,17-18H,2-3,8-9,13-15H2,1H3,(H,28,29)(H2,24,26,27). The molecule has 3 N–H and O–H groups in total. The summed E-state index contributed by atoms with van der Waals surface area (Å²) in [6, 6.07) is 11.9. The third kappa shape index (κ3) is 4.90. The summed E-state index contributed by atoms with van der Waals surface area (Å²) in [6.07, 6.45) is 7.16. The Morgan fingerprint density at radius 2 is 2.03 bits per heavy atom. The molecule has 2 aromatic rings. The van der Waals surface area contributed by atoms with Gasteiger partial charge in [0.25, 0.3) is 0 Å². The zero-order valence-electron chi connectivity index (χ0n) is 17.4. The van der Waals surface area contributed by atoms with Crippen molar-refractivity contribution in [3.8, 4) is 5.88 Å². The first-order chi connectivity index (χ1) is 14.7. The molecule has 30 heavy (non-hydrogen) atoms. The fourth-order valence-corrected chi connectivity index (χ4v) is 4.13. The van der Waals surface area contributed by atoms with Gasteiger partial charge in [-0.25, -0.2) is 4.98 Å². The van der Waals surface area contributed by atoms with E-state index < -0.39 is 0 Å². The average Bonchev–Trinajstić information content (AvgIpc) is 3.27. The Morgan fingerprint density at radius 3 is 2.87 bits per heavy atom. The van der Waals surface area contributed by atoms with Gasteiger partial charge in [0, 0.05) is 49.9 Å². The van der Waals surface area contributed by atoms with Crippen molar-refractivity contribution in [2.24, 2.45) is 4.99 Å². The number of anilines is 1. The van der Waals surface area contributed by atoms with Crippen LogP contribution in [0.25, 0.3) is 0 Å². The molecular formula is C23H29N5O2. The minimum absolute atomic E-state index is 0.0486. The van der Waals surface area contributed by atoms with Crippen molar-refractivity contribution in [3.63, 3.8) is 0 Å². The summed E-state index contributed by atoms with van der Waals surface area (Å²) in [7, 11) is 1.75. The second kappa shape index (κ2) is 9.61. The third-order valence-corrected chi connectivity index (χ3v) is 5.72. The summed E-state index contributed by atoms with van der Waals surface area (Å²) in [6.45, 7) is 1.19. The highest BCUT2D eigenvalue weighted by atomic mass is 16.5. The number of nitrogens with zero attached hydrogens (tertiary/aromatic N) is 2. The predicted molar refractivity (Wildman–Crippen MR) is 118 cm³/mol. The van der Waals surface area contributed by atoms with Crippen molar-refractivity contribution in [2.45, 2.75) is 50.7 Å². The quantitative estimate of drug-likeness (QED) is 0.506. The van der Waals surface area contributed by atoms with Gasteiger partial charge < -0.3 is 20.7 Å². The van der Waals surface area contributed by atoms with Crippen LogP contribution in [0.4, 0.5) is 5.69 Å². The van der Waals surface area contributed by atoms with Crippen molar-refractivity contribution >= 4 is 17.6 Å². The fraction of sp³-hybridized carbons (Fsp3) is 0.435. The Labute approximate surface area is 177 Å². The van der Waals surface area contributed by atoms with Crippen LogP contribution in [-0.4, -0.2) is 36.5 Å². The molecule has 2 aliphatic rings. The summed E-state index contributed by atoms with van der Waals surface area (Å²) >= 11 is 0. The molecule has 158 valence electrons. The van der Waals surface area contributed by atoms with Gasteiger partial charge in [0.1, 0.15) is 6.10 Å². The molecule has 1 aliphatic carbocycles. The Hall–Kier alpha value is -3.09. The Kier molecular flexibility index (Phi) is 6.47. The number of hydrogen-bond donors (Lipinski definition) is 3. The highest BCUT2D eigenvalue weighted by Crippen LogP contribution is 2.31. The number of amides is 1. The zero-order valence-corrected chi connectivity index (χ0v) is 17.4. The van der Waals surface area contributed by atoms with Gasteiger partial charge in [-0.3, -0.25) is 9.79 Å². The van der Waals surface area contributed by atoms with E-state index >= 15 is 0 Å². The molecular weight excluding hydrogens is 378 g/mol. The van der Waals surface area contributed by atoms with Crippen LogP contribution in [0.1, 0.15) is 49.1 Å². The largest absolute Gasteiger partial charge is 0.474 e. The van der Waals surface area contributed by atoms with Crippen molar-refractivity contribution in [3.05, 3.63) is 53.7 Å². The molecule has 1 amide bonds. The van der Waals surface area contributed by atoms with Gasteiger partial charge in [-0.05, 0) is 43.4 Å². The number of ether oxygens (including phenoxy) is 1. The van der Waals surface area contributed by atoms with Crippen LogP contribution in [0.5, 0.6) is 5.88 Å². The molecule has 1 saturated carbocycles. The lowest BCUT2D eigenvalue weighted by molar-refractivity contribution is -0.116. The van der Waals surface area contributed by atoms with Gasteiger partial charge in [-0.15, -0.1) is 0 Å². The maximum atomic E-state index is 12.0. The summed E-state index contributed by atoms with van der Waals surface area (Å²) in [4.78, 5) is 20.8. The maximum Gasteiger partial charge on any atom is 0.225 e. The second-order valence-electron chi connectivity index (χ2n) is 7.84. The number of para-hydroxylation sites is 1. The monoisotopic (exact) mass is 407 g/mol. The fourth-order valence-electron chi connectivity index (χ4n) is 4.13. The first kappa shape index (κ1) is 20.2.